The number of furan rings is 1. The van der Waals surface area contributed by atoms with Crippen LogP contribution >= 0.6 is 22.6 Å². The number of nitrogens with one attached hydrogen (secondary N) is 1. The van der Waals surface area contributed by atoms with E-state index in [4.69, 9.17) is 14.6 Å². The zero-order chi connectivity index (χ0) is 9.68. The summed E-state index contributed by atoms with van der Waals surface area (Å²) in [7, 11) is 0. The van der Waals surface area contributed by atoms with Gasteiger partial charge in [0.1, 0.15) is 5.76 Å². The summed E-state index contributed by atoms with van der Waals surface area (Å²) in [5.41, 5.74) is 0. The summed E-state index contributed by atoms with van der Waals surface area (Å²) < 4.78 is 6.12. The SMILES string of the molecule is OCC(O)CNCc1ccc(I)o1. The van der Waals surface area contributed by atoms with Crippen molar-refractivity contribution in [2.75, 3.05) is 13.2 Å². The van der Waals surface area contributed by atoms with Crippen molar-refractivity contribution in [2.45, 2.75) is 12.6 Å². The van der Waals surface area contributed by atoms with E-state index < -0.39 is 6.10 Å². The van der Waals surface area contributed by atoms with Gasteiger partial charge in [0.05, 0.1) is 19.3 Å². The molecule has 4 nitrogen and oxygen atoms in total. The molecule has 0 aliphatic carbocycles. The van der Waals surface area contributed by atoms with Crippen LogP contribution in [0.15, 0.2) is 16.5 Å². The monoisotopic (exact) mass is 297 g/mol. The van der Waals surface area contributed by atoms with E-state index in [2.05, 4.69) is 27.9 Å². The lowest BCUT2D eigenvalue weighted by Gasteiger charge is -2.06. The average molecular weight is 297 g/mol. The van der Waals surface area contributed by atoms with Crippen LogP contribution in [-0.4, -0.2) is 29.5 Å². The van der Waals surface area contributed by atoms with Gasteiger partial charge in [0.2, 0.25) is 0 Å². The zero-order valence-electron chi connectivity index (χ0n) is 7.03. The predicted octanol–water partition coefficient (Wildman–Crippen LogP) is 0.327. The molecule has 13 heavy (non-hydrogen) atoms. The quantitative estimate of drug-likeness (QED) is 0.685. The lowest BCUT2D eigenvalue weighted by molar-refractivity contribution is 0.0938. The summed E-state index contributed by atoms with van der Waals surface area (Å²) in [5, 5.41) is 20.5. The molecule has 1 heterocycles. The first-order valence-corrected chi connectivity index (χ1v) is 5.04. The van der Waals surface area contributed by atoms with Gasteiger partial charge in [-0.2, -0.15) is 0 Å². The first kappa shape index (κ1) is 11.0. The molecule has 0 aliphatic rings. The molecule has 0 aliphatic heterocycles. The van der Waals surface area contributed by atoms with Crippen LogP contribution in [0.3, 0.4) is 0 Å². The van der Waals surface area contributed by atoms with Crippen molar-refractivity contribution in [3.63, 3.8) is 0 Å². The third-order valence-electron chi connectivity index (χ3n) is 1.52. The van der Waals surface area contributed by atoms with Gasteiger partial charge < -0.3 is 19.9 Å². The minimum atomic E-state index is -0.700. The van der Waals surface area contributed by atoms with Gasteiger partial charge in [0.25, 0.3) is 0 Å². The molecule has 0 aromatic carbocycles. The molecular formula is C8H12INO3. The van der Waals surface area contributed by atoms with Crippen LogP contribution < -0.4 is 5.32 Å². The normalized spacial score (nSPS) is 13.2. The Balaban J connectivity index is 2.20. The fourth-order valence-electron chi connectivity index (χ4n) is 0.873. The molecule has 1 unspecified atom stereocenters. The Hall–Kier alpha value is -0.110. The van der Waals surface area contributed by atoms with Crippen molar-refractivity contribution in [3.8, 4) is 0 Å². The minimum absolute atomic E-state index is 0.220. The first-order chi connectivity index (χ1) is 6.22. The van der Waals surface area contributed by atoms with Crippen LogP contribution in [0.2, 0.25) is 0 Å². The Labute approximate surface area is 90.1 Å². The number of hydrogen-bond acceptors (Lipinski definition) is 4. The molecule has 1 aromatic rings. The number of aliphatic hydroxyl groups excluding tert-OH is 2. The van der Waals surface area contributed by atoms with Crippen molar-refractivity contribution in [1.82, 2.24) is 5.32 Å². The molecule has 1 rings (SSSR count). The summed E-state index contributed by atoms with van der Waals surface area (Å²) in [6, 6.07) is 3.75. The lowest BCUT2D eigenvalue weighted by Crippen LogP contribution is -2.28. The molecular weight excluding hydrogens is 285 g/mol. The Morgan fingerprint density at radius 2 is 2.31 bits per heavy atom. The second-order valence-electron chi connectivity index (χ2n) is 2.67. The highest BCUT2D eigenvalue weighted by Gasteiger charge is 2.02. The van der Waals surface area contributed by atoms with E-state index in [1.54, 1.807) is 0 Å². The molecule has 0 spiro atoms. The van der Waals surface area contributed by atoms with Crippen molar-refractivity contribution < 1.29 is 14.6 Å². The van der Waals surface area contributed by atoms with Crippen molar-refractivity contribution >= 4 is 22.6 Å². The van der Waals surface area contributed by atoms with Gasteiger partial charge in [0, 0.05) is 6.54 Å². The van der Waals surface area contributed by atoms with Gasteiger partial charge in [-0.1, -0.05) is 0 Å². The highest BCUT2D eigenvalue weighted by molar-refractivity contribution is 14.1. The Morgan fingerprint density at radius 1 is 1.54 bits per heavy atom. The second kappa shape index (κ2) is 5.58. The van der Waals surface area contributed by atoms with Crippen LogP contribution in [0.1, 0.15) is 5.76 Å². The second-order valence-corrected chi connectivity index (χ2v) is 3.74. The number of rotatable bonds is 5. The van der Waals surface area contributed by atoms with Gasteiger partial charge in [-0.3, -0.25) is 0 Å². The van der Waals surface area contributed by atoms with Gasteiger partial charge in [-0.15, -0.1) is 0 Å². The molecule has 3 N–H and O–H groups in total. The van der Waals surface area contributed by atoms with E-state index >= 15 is 0 Å². The van der Waals surface area contributed by atoms with E-state index in [-0.39, 0.29) is 6.61 Å². The Morgan fingerprint density at radius 3 is 2.85 bits per heavy atom. The maximum atomic E-state index is 9.00. The lowest BCUT2D eigenvalue weighted by atomic mass is 10.3. The minimum Gasteiger partial charge on any atom is -0.454 e. The summed E-state index contributed by atoms with van der Waals surface area (Å²) >= 11 is 2.09. The van der Waals surface area contributed by atoms with E-state index in [1.165, 1.54) is 0 Å². The topological polar surface area (TPSA) is 65.6 Å². The van der Waals surface area contributed by atoms with E-state index in [9.17, 15) is 0 Å². The maximum Gasteiger partial charge on any atom is 0.164 e. The van der Waals surface area contributed by atoms with Gasteiger partial charge in [-0.25, -0.2) is 0 Å². The van der Waals surface area contributed by atoms with Gasteiger partial charge >= 0.3 is 0 Å². The van der Waals surface area contributed by atoms with E-state index in [1.807, 2.05) is 12.1 Å². The molecule has 0 fully saturated rings. The smallest absolute Gasteiger partial charge is 0.164 e. The van der Waals surface area contributed by atoms with Crippen LogP contribution in [0.5, 0.6) is 0 Å². The maximum absolute atomic E-state index is 9.00. The molecule has 0 amide bonds. The van der Waals surface area contributed by atoms with Gasteiger partial charge in [-0.05, 0) is 34.7 Å². The molecule has 0 bridgehead atoms. The predicted molar refractivity (Wildman–Crippen MR) is 56.2 cm³/mol. The molecule has 1 atom stereocenters. The van der Waals surface area contributed by atoms with Crippen LogP contribution in [0, 0.1) is 3.77 Å². The summed E-state index contributed by atoms with van der Waals surface area (Å²) in [5.74, 6) is 0.828. The molecule has 0 radical (unpaired) electrons. The highest BCUT2D eigenvalue weighted by Crippen LogP contribution is 2.09. The largest absolute Gasteiger partial charge is 0.454 e. The van der Waals surface area contributed by atoms with Crippen LogP contribution in [0.4, 0.5) is 0 Å². The third kappa shape index (κ3) is 4.08. The summed E-state index contributed by atoms with van der Waals surface area (Å²) in [6.07, 6.45) is -0.700. The van der Waals surface area contributed by atoms with Crippen LogP contribution in [-0.2, 0) is 6.54 Å². The zero-order valence-corrected chi connectivity index (χ0v) is 9.19. The van der Waals surface area contributed by atoms with Crippen LogP contribution in [0.25, 0.3) is 0 Å². The summed E-state index contributed by atoms with van der Waals surface area (Å²) in [6.45, 7) is 0.719. The Kier molecular flexibility index (Phi) is 4.71. The standard InChI is InChI=1S/C8H12INO3/c9-8-2-1-7(13-8)4-10-3-6(12)5-11/h1-2,6,10-12H,3-5H2. The highest BCUT2D eigenvalue weighted by atomic mass is 127. The molecule has 0 saturated heterocycles. The van der Waals surface area contributed by atoms with Crippen molar-refractivity contribution in [1.29, 1.82) is 0 Å². The molecule has 0 saturated carbocycles. The molecule has 5 heteroatoms. The summed E-state index contributed by atoms with van der Waals surface area (Å²) in [4.78, 5) is 0. The third-order valence-corrected chi connectivity index (χ3v) is 2.10. The van der Waals surface area contributed by atoms with E-state index in [0.29, 0.717) is 13.1 Å². The average Bonchev–Trinajstić information content (AvgIpc) is 2.51. The fourth-order valence-corrected chi connectivity index (χ4v) is 1.34. The first-order valence-electron chi connectivity index (χ1n) is 3.96. The fraction of sp³-hybridized carbons (Fsp3) is 0.500. The number of hydrogen-bond donors (Lipinski definition) is 3. The number of aliphatic hydroxyl groups is 2. The van der Waals surface area contributed by atoms with Gasteiger partial charge in [0.15, 0.2) is 3.77 Å². The molecule has 74 valence electrons. The van der Waals surface area contributed by atoms with E-state index in [0.717, 1.165) is 9.53 Å². The van der Waals surface area contributed by atoms with Crippen molar-refractivity contribution in [3.05, 3.63) is 21.7 Å². The number of halogens is 1. The molecule has 1 aromatic heterocycles. The van der Waals surface area contributed by atoms with Crippen molar-refractivity contribution in [2.24, 2.45) is 0 Å². The Bertz CT molecular complexity index is 251.